The highest BCUT2D eigenvalue weighted by atomic mass is 16.5. The molecule has 0 aliphatic carbocycles. The molecule has 2 heterocycles. The molecular weight excluding hydrogens is 254 g/mol. The molecule has 5 heteroatoms. The van der Waals surface area contributed by atoms with Crippen LogP contribution in [0.2, 0.25) is 0 Å². The summed E-state index contributed by atoms with van der Waals surface area (Å²) in [4.78, 5) is 0. The fourth-order valence-electron chi connectivity index (χ4n) is 1.81. The molecule has 20 heavy (non-hydrogen) atoms. The standard InChI is InChI=1S/C15H23N3O2/c1-10-6-14(18-17-10)19-9-13-7-12(11(2)20-13)8-16-15(3,4)5/h6-7,16H,8-9H2,1-5H3,(H,17,18). The zero-order valence-corrected chi connectivity index (χ0v) is 12.8. The average molecular weight is 277 g/mol. The number of hydrogen-bond donors (Lipinski definition) is 2. The van der Waals surface area contributed by atoms with Crippen LogP contribution in [0.15, 0.2) is 16.5 Å². The number of aryl methyl sites for hydroxylation is 2. The van der Waals surface area contributed by atoms with E-state index in [1.165, 1.54) is 0 Å². The van der Waals surface area contributed by atoms with E-state index in [-0.39, 0.29) is 5.54 Å². The molecule has 2 aromatic rings. The van der Waals surface area contributed by atoms with Crippen LogP contribution in [-0.2, 0) is 13.2 Å². The van der Waals surface area contributed by atoms with E-state index in [1.807, 2.05) is 26.0 Å². The highest BCUT2D eigenvalue weighted by molar-refractivity contribution is 5.21. The minimum absolute atomic E-state index is 0.0902. The summed E-state index contributed by atoms with van der Waals surface area (Å²) in [5.41, 5.74) is 2.23. The van der Waals surface area contributed by atoms with Crippen molar-refractivity contribution in [2.75, 3.05) is 0 Å². The van der Waals surface area contributed by atoms with Crippen molar-refractivity contribution in [3.8, 4) is 5.88 Å². The third-order valence-electron chi connectivity index (χ3n) is 2.93. The largest absolute Gasteiger partial charge is 0.468 e. The van der Waals surface area contributed by atoms with E-state index in [1.54, 1.807) is 0 Å². The number of rotatable bonds is 5. The summed E-state index contributed by atoms with van der Waals surface area (Å²) in [6.07, 6.45) is 0. The Morgan fingerprint density at radius 2 is 2.05 bits per heavy atom. The van der Waals surface area contributed by atoms with Gasteiger partial charge in [0.2, 0.25) is 5.88 Å². The van der Waals surface area contributed by atoms with Crippen LogP contribution in [0.4, 0.5) is 0 Å². The number of aromatic nitrogens is 2. The molecule has 2 N–H and O–H groups in total. The Morgan fingerprint density at radius 1 is 1.30 bits per heavy atom. The molecule has 0 fully saturated rings. The van der Waals surface area contributed by atoms with Crippen LogP contribution in [-0.4, -0.2) is 15.7 Å². The number of nitrogens with zero attached hydrogens (tertiary/aromatic N) is 1. The summed E-state index contributed by atoms with van der Waals surface area (Å²) < 4.78 is 11.3. The van der Waals surface area contributed by atoms with E-state index >= 15 is 0 Å². The van der Waals surface area contributed by atoms with Crippen molar-refractivity contribution in [1.82, 2.24) is 15.5 Å². The van der Waals surface area contributed by atoms with Gasteiger partial charge in [-0.1, -0.05) is 0 Å². The van der Waals surface area contributed by atoms with Gasteiger partial charge in [0.05, 0.1) is 0 Å². The Hall–Kier alpha value is -1.75. The van der Waals surface area contributed by atoms with Gasteiger partial charge < -0.3 is 14.5 Å². The second-order valence-electron chi connectivity index (χ2n) is 6.08. The normalized spacial score (nSPS) is 11.8. The third-order valence-corrected chi connectivity index (χ3v) is 2.93. The summed E-state index contributed by atoms with van der Waals surface area (Å²) in [6, 6.07) is 3.89. The predicted molar refractivity (Wildman–Crippen MR) is 77.7 cm³/mol. The lowest BCUT2D eigenvalue weighted by Gasteiger charge is -2.20. The Kier molecular flexibility index (Phi) is 4.18. The monoisotopic (exact) mass is 277 g/mol. The van der Waals surface area contributed by atoms with E-state index in [0.717, 1.165) is 29.3 Å². The minimum Gasteiger partial charge on any atom is -0.468 e. The maximum absolute atomic E-state index is 5.71. The molecule has 0 unspecified atom stereocenters. The van der Waals surface area contributed by atoms with Crippen LogP contribution in [0.3, 0.4) is 0 Å². The number of furan rings is 1. The van der Waals surface area contributed by atoms with Gasteiger partial charge in [-0.25, -0.2) is 0 Å². The Labute approximate surface area is 119 Å². The lowest BCUT2D eigenvalue weighted by Crippen LogP contribution is -2.35. The Bertz CT molecular complexity index is 564. The van der Waals surface area contributed by atoms with Crippen molar-refractivity contribution in [1.29, 1.82) is 0 Å². The summed E-state index contributed by atoms with van der Waals surface area (Å²) in [5.74, 6) is 2.33. The van der Waals surface area contributed by atoms with Crippen molar-refractivity contribution in [2.24, 2.45) is 0 Å². The van der Waals surface area contributed by atoms with E-state index in [0.29, 0.717) is 12.5 Å². The van der Waals surface area contributed by atoms with Gasteiger partial charge >= 0.3 is 0 Å². The van der Waals surface area contributed by atoms with Crippen molar-refractivity contribution in [3.63, 3.8) is 0 Å². The molecule has 0 atom stereocenters. The average Bonchev–Trinajstić information content (AvgIpc) is 2.90. The zero-order valence-electron chi connectivity index (χ0n) is 12.8. The smallest absolute Gasteiger partial charge is 0.233 e. The van der Waals surface area contributed by atoms with Gasteiger partial charge in [0.1, 0.15) is 18.1 Å². The predicted octanol–water partition coefficient (Wildman–Crippen LogP) is 3.09. The van der Waals surface area contributed by atoms with Crippen LogP contribution in [0.25, 0.3) is 0 Å². The molecule has 0 radical (unpaired) electrons. The summed E-state index contributed by atoms with van der Waals surface area (Å²) in [7, 11) is 0. The van der Waals surface area contributed by atoms with Crippen molar-refractivity contribution < 1.29 is 9.15 Å². The summed E-state index contributed by atoms with van der Waals surface area (Å²) in [6.45, 7) is 11.5. The SMILES string of the molecule is Cc1cc(OCc2cc(CNC(C)(C)C)c(C)o2)n[nH]1. The number of ether oxygens (including phenoxy) is 1. The molecular formula is C15H23N3O2. The quantitative estimate of drug-likeness (QED) is 0.881. The summed E-state index contributed by atoms with van der Waals surface area (Å²) in [5, 5.41) is 10.3. The molecule has 110 valence electrons. The van der Waals surface area contributed by atoms with Gasteiger partial charge in [-0.05, 0) is 40.7 Å². The molecule has 0 aliphatic rings. The van der Waals surface area contributed by atoms with Gasteiger partial charge in [-0.3, -0.25) is 5.10 Å². The fourth-order valence-corrected chi connectivity index (χ4v) is 1.81. The second-order valence-corrected chi connectivity index (χ2v) is 6.08. The van der Waals surface area contributed by atoms with Crippen molar-refractivity contribution in [2.45, 2.75) is 53.3 Å². The second kappa shape index (κ2) is 5.71. The minimum atomic E-state index is 0.0902. The van der Waals surface area contributed by atoms with Crippen LogP contribution >= 0.6 is 0 Å². The Morgan fingerprint density at radius 3 is 2.65 bits per heavy atom. The first-order valence-corrected chi connectivity index (χ1v) is 6.81. The lowest BCUT2D eigenvalue weighted by atomic mass is 10.1. The fraction of sp³-hybridized carbons (Fsp3) is 0.533. The molecule has 0 saturated carbocycles. The van der Waals surface area contributed by atoms with Crippen molar-refractivity contribution >= 4 is 0 Å². The molecule has 0 bridgehead atoms. The van der Waals surface area contributed by atoms with Gasteiger partial charge in [0.25, 0.3) is 0 Å². The number of hydrogen-bond acceptors (Lipinski definition) is 4. The Balaban J connectivity index is 1.93. The topological polar surface area (TPSA) is 63.1 Å². The number of H-pyrrole nitrogens is 1. The molecule has 0 saturated heterocycles. The van der Waals surface area contributed by atoms with E-state index < -0.39 is 0 Å². The maximum Gasteiger partial charge on any atom is 0.233 e. The van der Waals surface area contributed by atoms with E-state index in [9.17, 15) is 0 Å². The van der Waals surface area contributed by atoms with Crippen molar-refractivity contribution in [3.05, 3.63) is 34.9 Å². The van der Waals surface area contributed by atoms with Crippen LogP contribution in [0, 0.1) is 13.8 Å². The highest BCUT2D eigenvalue weighted by Crippen LogP contribution is 2.17. The third kappa shape index (κ3) is 4.13. The molecule has 2 rings (SSSR count). The van der Waals surface area contributed by atoms with E-state index in [2.05, 4.69) is 36.3 Å². The molecule has 0 aromatic carbocycles. The van der Waals surface area contributed by atoms with Gasteiger partial charge in [0.15, 0.2) is 0 Å². The molecule has 2 aromatic heterocycles. The molecule has 0 aliphatic heterocycles. The van der Waals surface area contributed by atoms with Gasteiger partial charge in [-0.2, -0.15) is 0 Å². The molecule has 0 amide bonds. The number of aromatic amines is 1. The van der Waals surface area contributed by atoms with Crippen LogP contribution < -0.4 is 10.1 Å². The number of nitrogens with one attached hydrogen (secondary N) is 2. The van der Waals surface area contributed by atoms with Gasteiger partial charge in [-0.15, -0.1) is 5.10 Å². The van der Waals surface area contributed by atoms with Crippen LogP contribution in [0.1, 0.15) is 43.5 Å². The van der Waals surface area contributed by atoms with Crippen LogP contribution in [0.5, 0.6) is 5.88 Å². The zero-order chi connectivity index (χ0) is 14.8. The lowest BCUT2D eigenvalue weighted by molar-refractivity contribution is 0.258. The van der Waals surface area contributed by atoms with Gasteiger partial charge in [0, 0.05) is 29.4 Å². The first-order valence-electron chi connectivity index (χ1n) is 6.81. The van der Waals surface area contributed by atoms with E-state index in [4.69, 9.17) is 9.15 Å². The molecule has 5 nitrogen and oxygen atoms in total. The maximum atomic E-state index is 5.71. The first-order chi connectivity index (χ1) is 9.33. The molecule has 0 spiro atoms. The highest BCUT2D eigenvalue weighted by Gasteiger charge is 2.13. The summed E-state index contributed by atoms with van der Waals surface area (Å²) >= 11 is 0. The first kappa shape index (κ1) is 14.7.